The number of ether oxygens (including phenoxy) is 2. The molecule has 0 spiro atoms. The minimum Gasteiger partial charge on any atom is -0.460 e. The molecule has 192 valence electrons. The second-order valence-corrected chi connectivity index (χ2v) is 11.0. The van der Waals surface area contributed by atoms with Crippen LogP contribution in [0.3, 0.4) is 0 Å². The molecule has 0 aliphatic heterocycles. The molecule has 8 heteroatoms. The molecule has 0 aromatic rings. The van der Waals surface area contributed by atoms with E-state index in [1.54, 1.807) is 0 Å². The first-order valence-electron chi connectivity index (χ1n) is 12.9. The van der Waals surface area contributed by atoms with Crippen LogP contribution in [0.5, 0.6) is 0 Å². The summed E-state index contributed by atoms with van der Waals surface area (Å²) in [7, 11) is -1.83. The van der Waals surface area contributed by atoms with Gasteiger partial charge in [0.05, 0.1) is 33.0 Å². The predicted molar refractivity (Wildman–Crippen MR) is 130 cm³/mol. The zero-order chi connectivity index (χ0) is 23.9. The third-order valence-electron chi connectivity index (χ3n) is 5.67. The van der Waals surface area contributed by atoms with Crippen LogP contribution in [0.1, 0.15) is 97.3 Å². The van der Waals surface area contributed by atoms with Crippen molar-refractivity contribution in [2.75, 3.05) is 39.6 Å². The molecule has 0 aliphatic rings. The van der Waals surface area contributed by atoms with Gasteiger partial charge in [0.15, 0.2) is 0 Å². The highest BCUT2D eigenvalue weighted by Crippen LogP contribution is 2.40. The van der Waals surface area contributed by atoms with Gasteiger partial charge in [0.25, 0.3) is 6.47 Å². The van der Waals surface area contributed by atoms with E-state index in [0.29, 0.717) is 25.5 Å². The van der Waals surface area contributed by atoms with E-state index in [4.69, 9.17) is 14.0 Å². The van der Waals surface area contributed by atoms with E-state index in [0.717, 1.165) is 6.42 Å². The maximum atomic E-state index is 11.9. The lowest BCUT2D eigenvalue weighted by Crippen LogP contribution is -2.80. The Balaban J connectivity index is 3.69. The van der Waals surface area contributed by atoms with Gasteiger partial charge in [0.2, 0.25) is 0 Å². The highest BCUT2D eigenvalue weighted by Gasteiger charge is 2.23. The Labute approximate surface area is 196 Å². The molecule has 0 aromatic heterocycles. The lowest BCUT2D eigenvalue weighted by molar-refractivity contribution is -0.622. The molecule has 3 N–H and O–H groups in total. The minimum absolute atomic E-state index is 0.0637. The van der Waals surface area contributed by atoms with Crippen LogP contribution < -0.4 is 5.32 Å². The molecule has 32 heavy (non-hydrogen) atoms. The van der Waals surface area contributed by atoms with Crippen molar-refractivity contribution in [3.63, 3.8) is 0 Å². The SMILES string of the molecule is CCCCCCCCCCCCCCC(C)COCC(COP(=O)(O)CC[NH2+]C)OC=O. The quantitative estimate of drug-likeness (QED) is 0.112. The van der Waals surface area contributed by atoms with Crippen molar-refractivity contribution in [3.05, 3.63) is 0 Å². The fraction of sp³-hybridized carbons (Fsp3) is 0.958. The lowest BCUT2D eigenvalue weighted by atomic mass is 10.0. The molecule has 0 saturated heterocycles. The first-order chi connectivity index (χ1) is 15.4. The van der Waals surface area contributed by atoms with Gasteiger partial charge in [-0.3, -0.25) is 9.36 Å². The van der Waals surface area contributed by atoms with E-state index in [9.17, 15) is 14.3 Å². The highest BCUT2D eigenvalue weighted by molar-refractivity contribution is 7.52. The predicted octanol–water partition coefficient (Wildman–Crippen LogP) is 4.67. The molecule has 0 fully saturated rings. The Bertz CT molecular complexity index is 466. The van der Waals surface area contributed by atoms with E-state index in [1.807, 2.05) is 12.4 Å². The summed E-state index contributed by atoms with van der Waals surface area (Å²) in [5, 5.41) is 1.81. The molecule has 7 nitrogen and oxygen atoms in total. The maximum absolute atomic E-state index is 11.9. The van der Waals surface area contributed by atoms with E-state index < -0.39 is 13.7 Å². The Morgan fingerprint density at radius 3 is 2.00 bits per heavy atom. The first kappa shape index (κ1) is 31.5. The fourth-order valence-corrected chi connectivity index (χ4v) is 4.69. The second-order valence-electron chi connectivity index (χ2n) is 9.03. The Morgan fingerprint density at radius 1 is 0.906 bits per heavy atom. The molecule has 3 unspecified atom stereocenters. The monoisotopic (exact) mass is 480 g/mol. The third-order valence-corrected chi connectivity index (χ3v) is 7.04. The van der Waals surface area contributed by atoms with Crippen LogP contribution in [0.2, 0.25) is 0 Å². The summed E-state index contributed by atoms with van der Waals surface area (Å²) in [5.41, 5.74) is 0. The number of unbranched alkanes of at least 4 members (excludes halogenated alkanes) is 11. The van der Waals surface area contributed by atoms with Gasteiger partial charge in [-0.05, 0) is 12.3 Å². The van der Waals surface area contributed by atoms with Crippen molar-refractivity contribution in [2.24, 2.45) is 5.92 Å². The average Bonchev–Trinajstić information content (AvgIpc) is 2.77. The number of hydrogen-bond donors (Lipinski definition) is 2. The van der Waals surface area contributed by atoms with Crippen LogP contribution in [0, 0.1) is 5.92 Å². The standard InChI is InChI=1S/C24H50NO6P/c1-4-5-6-7-8-9-10-11-12-13-14-15-16-23(2)19-29-20-24(30-22-26)21-31-32(27,28)18-17-25-3/h22-25H,4-21H2,1-3H3,(H,27,28)/p+1. The van der Waals surface area contributed by atoms with Gasteiger partial charge in [-0.1, -0.05) is 90.9 Å². The van der Waals surface area contributed by atoms with Gasteiger partial charge in [0, 0.05) is 6.61 Å². The van der Waals surface area contributed by atoms with Gasteiger partial charge in [-0.2, -0.15) is 0 Å². The zero-order valence-corrected chi connectivity index (χ0v) is 21.9. The Hall–Kier alpha value is -0.460. The van der Waals surface area contributed by atoms with Crippen LogP contribution in [-0.2, 0) is 23.4 Å². The number of carbonyl (C=O) groups excluding carboxylic acids is 1. The zero-order valence-electron chi connectivity index (χ0n) is 21.0. The Kier molecular flexibility index (Phi) is 22.0. The molecule has 0 bridgehead atoms. The topological polar surface area (TPSA) is 98.7 Å². The van der Waals surface area contributed by atoms with Crippen molar-refractivity contribution >= 4 is 14.1 Å². The summed E-state index contributed by atoms with van der Waals surface area (Å²) in [6, 6.07) is 0. The number of nitrogens with two attached hydrogens (primary N) is 1. The smallest absolute Gasteiger partial charge is 0.333 e. The van der Waals surface area contributed by atoms with Crippen molar-refractivity contribution in [3.8, 4) is 0 Å². The largest absolute Gasteiger partial charge is 0.460 e. The highest BCUT2D eigenvalue weighted by atomic mass is 31.2. The van der Waals surface area contributed by atoms with Crippen molar-refractivity contribution in [2.45, 2.75) is 103 Å². The molecule has 0 radical (unpaired) electrons. The van der Waals surface area contributed by atoms with E-state index >= 15 is 0 Å². The molecule has 0 aliphatic carbocycles. The van der Waals surface area contributed by atoms with Gasteiger partial charge >= 0.3 is 7.60 Å². The Morgan fingerprint density at radius 2 is 1.47 bits per heavy atom. The molecule has 0 heterocycles. The van der Waals surface area contributed by atoms with Crippen molar-refractivity contribution in [1.82, 2.24) is 0 Å². The van der Waals surface area contributed by atoms with Crippen LogP contribution in [0.4, 0.5) is 0 Å². The van der Waals surface area contributed by atoms with Gasteiger partial charge in [-0.15, -0.1) is 0 Å². The normalized spacial score (nSPS) is 15.2. The van der Waals surface area contributed by atoms with Gasteiger partial charge in [-0.25, -0.2) is 0 Å². The maximum Gasteiger partial charge on any atom is 0.333 e. The van der Waals surface area contributed by atoms with E-state index in [-0.39, 0.29) is 19.4 Å². The molecular weight excluding hydrogens is 429 g/mol. The van der Waals surface area contributed by atoms with Crippen LogP contribution in [0.15, 0.2) is 0 Å². The molecule has 0 aromatic carbocycles. The van der Waals surface area contributed by atoms with E-state index in [2.05, 4.69) is 13.8 Å². The summed E-state index contributed by atoms with van der Waals surface area (Å²) < 4.78 is 27.6. The van der Waals surface area contributed by atoms with Crippen LogP contribution in [-0.4, -0.2) is 57.0 Å². The summed E-state index contributed by atoms with van der Waals surface area (Å²) in [5.74, 6) is 0.431. The van der Waals surface area contributed by atoms with Gasteiger partial charge in [0.1, 0.15) is 6.10 Å². The molecule has 3 atom stereocenters. The average molecular weight is 481 g/mol. The van der Waals surface area contributed by atoms with Crippen LogP contribution in [0.25, 0.3) is 0 Å². The molecule has 0 rings (SSSR count). The van der Waals surface area contributed by atoms with Crippen LogP contribution >= 0.6 is 7.60 Å². The minimum atomic E-state index is -3.66. The number of carbonyl (C=O) groups is 1. The number of hydrogen-bond acceptors (Lipinski definition) is 5. The first-order valence-corrected chi connectivity index (χ1v) is 14.6. The summed E-state index contributed by atoms with van der Waals surface area (Å²) >= 11 is 0. The molecule has 0 amide bonds. The third kappa shape index (κ3) is 21.4. The van der Waals surface area contributed by atoms with Gasteiger partial charge < -0.3 is 24.2 Å². The summed E-state index contributed by atoms with van der Waals surface area (Å²) in [4.78, 5) is 20.4. The van der Waals surface area contributed by atoms with Crippen molar-refractivity contribution < 1.29 is 33.6 Å². The summed E-state index contributed by atoms with van der Waals surface area (Å²) in [6.45, 7) is 5.87. The van der Waals surface area contributed by atoms with Crippen molar-refractivity contribution in [1.29, 1.82) is 0 Å². The summed E-state index contributed by atoms with van der Waals surface area (Å²) in [6.07, 6.45) is 16.7. The number of quaternary nitrogens is 1. The number of rotatable bonds is 25. The molecular formula is C24H51NO6P+. The second kappa shape index (κ2) is 22.3. The molecule has 0 saturated carbocycles. The van der Waals surface area contributed by atoms with E-state index in [1.165, 1.54) is 77.0 Å². The fourth-order valence-electron chi connectivity index (χ4n) is 3.58. The lowest BCUT2D eigenvalue weighted by Gasteiger charge is -2.19.